The molecular formula is C12H18O2S2. The molecule has 0 aromatic heterocycles. The highest BCUT2D eigenvalue weighted by molar-refractivity contribution is 8.22. The lowest BCUT2D eigenvalue weighted by molar-refractivity contribution is -0.0933. The molecule has 0 radical (unpaired) electrons. The molecule has 2 bridgehead atoms. The normalized spacial score (nSPS) is 36.8. The second-order valence-electron chi connectivity index (χ2n) is 4.69. The fraction of sp³-hybridized carbons (Fsp3) is 0.750. The zero-order valence-corrected chi connectivity index (χ0v) is 11.5. The third kappa shape index (κ3) is 2.44. The Hall–Kier alpha value is -0.0600. The van der Waals surface area contributed by atoms with E-state index < -0.39 is 0 Å². The summed E-state index contributed by atoms with van der Waals surface area (Å²) in [6.45, 7) is 4.44. The molecule has 0 amide bonds. The molecule has 0 N–H and O–H groups in total. The molecule has 2 aliphatic rings. The Morgan fingerprint density at radius 1 is 1.50 bits per heavy atom. The van der Waals surface area contributed by atoms with Gasteiger partial charge in [-0.05, 0) is 24.4 Å². The molecule has 0 saturated carbocycles. The molecule has 2 rings (SSSR count). The van der Waals surface area contributed by atoms with Crippen LogP contribution in [0.3, 0.4) is 0 Å². The number of thioether (sulfide) groups is 1. The summed E-state index contributed by atoms with van der Waals surface area (Å²) in [7, 11) is 0. The minimum absolute atomic E-state index is 0.207. The average Bonchev–Trinajstić information content (AvgIpc) is 2.60. The van der Waals surface area contributed by atoms with E-state index in [1.807, 2.05) is 6.26 Å². The zero-order valence-electron chi connectivity index (χ0n) is 9.88. The maximum absolute atomic E-state index is 5.88. The second kappa shape index (κ2) is 5.07. The van der Waals surface area contributed by atoms with E-state index in [0.29, 0.717) is 16.2 Å². The summed E-state index contributed by atoms with van der Waals surface area (Å²) in [5, 5.41) is 0. The molecule has 2 heterocycles. The predicted octanol–water partition coefficient (Wildman–Crippen LogP) is 3.02. The Morgan fingerprint density at radius 2 is 2.25 bits per heavy atom. The largest absolute Gasteiger partial charge is 0.475 e. The van der Waals surface area contributed by atoms with Crippen LogP contribution < -0.4 is 0 Å². The maximum Gasteiger partial charge on any atom is 0.219 e. The fourth-order valence-corrected chi connectivity index (χ4v) is 2.93. The van der Waals surface area contributed by atoms with Crippen molar-refractivity contribution in [2.24, 2.45) is 11.8 Å². The van der Waals surface area contributed by atoms with Crippen LogP contribution in [0.2, 0.25) is 0 Å². The molecule has 90 valence electrons. The first kappa shape index (κ1) is 12.4. The van der Waals surface area contributed by atoms with Crippen LogP contribution in [0.5, 0.6) is 0 Å². The van der Waals surface area contributed by atoms with Crippen LogP contribution in [-0.4, -0.2) is 29.0 Å². The van der Waals surface area contributed by atoms with Crippen molar-refractivity contribution in [2.75, 3.05) is 6.26 Å². The van der Waals surface area contributed by atoms with Crippen LogP contribution in [0, 0.1) is 11.8 Å². The van der Waals surface area contributed by atoms with Gasteiger partial charge in [-0.2, -0.15) is 0 Å². The van der Waals surface area contributed by atoms with Gasteiger partial charge in [0.15, 0.2) is 0 Å². The molecule has 2 nitrogen and oxygen atoms in total. The van der Waals surface area contributed by atoms with Crippen molar-refractivity contribution in [3.8, 4) is 0 Å². The van der Waals surface area contributed by atoms with E-state index in [-0.39, 0.29) is 18.3 Å². The minimum Gasteiger partial charge on any atom is -0.475 e. The van der Waals surface area contributed by atoms with Crippen LogP contribution in [0.15, 0.2) is 12.2 Å². The van der Waals surface area contributed by atoms with Crippen LogP contribution in [0.25, 0.3) is 0 Å². The van der Waals surface area contributed by atoms with Gasteiger partial charge in [-0.3, -0.25) is 0 Å². The lowest BCUT2D eigenvalue weighted by Crippen LogP contribution is -2.44. The summed E-state index contributed by atoms with van der Waals surface area (Å²) in [4.78, 5) is 0. The summed E-state index contributed by atoms with van der Waals surface area (Å²) in [5.41, 5.74) is 0. The highest BCUT2D eigenvalue weighted by Crippen LogP contribution is 2.38. The monoisotopic (exact) mass is 258 g/mol. The van der Waals surface area contributed by atoms with Gasteiger partial charge >= 0.3 is 0 Å². The molecule has 0 aromatic rings. The fourth-order valence-electron chi connectivity index (χ4n) is 2.58. The Labute approximate surface area is 107 Å². The van der Waals surface area contributed by atoms with Gasteiger partial charge in [0.05, 0.1) is 12.2 Å². The van der Waals surface area contributed by atoms with Gasteiger partial charge in [0.2, 0.25) is 4.38 Å². The van der Waals surface area contributed by atoms with E-state index in [2.05, 4.69) is 26.0 Å². The number of hydrogen-bond donors (Lipinski definition) is 0. The molecular weight excluding hydrogens is 240 g/mol. The van der Waals surface area contributed by atoms with Crippen molar-refractivity contribution in [3.63, 3.8) is 0 Å². The topological polar surface area (TPSA) is 18.5 Å². The first-order valence-electron chi connectivity index (χ1n) is 5.70. The summed E-state index contributed by atoms with van der Waals surface area (Å²) in [6, 6.07) is 0. The standard InChI is InChI=1S/C12H18O2S2/c1-7(2)11-9-5-4-8(13-9)6-10(11)14-12(15)16-3/h4-5,7-11H,6H2,1-3H3/t8-,9+,10+,11-/m0/s1. The molecule has 0 unspecified atom stereocenters. The van der Waals surface area contributed by atoms with Gasteiger partial charge in [-0.25, -0.2) is 0 Å². The third-order valence-corrected chi connectivity index (χ3v) is 4.33. The van der Waals surface area contributed by atoms with E-state index in [4.69, 9.17) is 21.7 Å². The smallest absolute Gasteiger partial charge is 0.219 e. The summed E-state index contributed by atoms with van der Waals surface area (Å²) >= 11 is 6.66. The Bertz CT molecular complexity index is 301. The Morgan fingerprint density at radius 3 is 2.88 bits per heavy atom. The van der Waals surface area contributed by atoms with E-state index in [0.717, 1.165) is 6.42 Å². The van der Waals surface area contributed by atoms with Crippen LogP contribution in [0.4, 0.5) is 0 Å². The quantitative estimate of drug-likeness (QED) is 0.559. The molecule has 16 heavy (non-hydrogen) atoms. The summed E-state index contributed by atoms with van der Waals surface area (Å²) in [6.07, 6.45) is 7.88. The van der Waals surface area contributed by atoms with Crippen molar-refractivity contribution in [1.29, 1.82) is 0 Å². The summed E-state index contributed by atoms with van der Waals surface area (Å²) < 4.78 is 12.4. The first-order chi connectivity index (χ1) is 7.61. The Kier molecular flexibility index (Phi) is 3.93. The van der Waals surface area contributed by atoms with Crippen LogP contribution in [-0.2, 0) is 9.47 Å². The van der Waals surface area contributed by atoms with Gasteiger partial charge in [0, 0.05) is 12.3 Å². The molecule has 0 aromatic carbocycles. The number of thiocarbonyl (C=S) groups is 1. The molecule has 1 fully saturated rings. The first-order valence-corrected chi connectivity index (χ1v) is 7.33. The van der Waals surface area contributed by atoms with Crippen molar-refractivity contribution < 1.29 is 9.47 Å². The van der Waals surface area contributed by atoms with Gasteiger partial charge in [-0.15, -0.1) is 0 Å². The average molecular weight is 258 g/mol. The SMILES string of the molecule is CSC(=S)O[C@@H]1C[C@@H]2C=C[C@@H](O2)[C@@H]1C(C)C. The van der Waals surface area contributed by atoms with Crippen LogP contribution in [0.1, 0.15) is 20.3 Å². The molecule has 4 heteroatoms. The lowest BCUT2D eigenvalue weighted by atomic mass is 9.83. The highest BCUT2D eigenvalue weighted by atomic mass is 32.2. The minimum atomic E-state index is 0.207. The van der Waals surface area contributed by atoms with Crippen molar-refractivity contribution in [1.82, 2.24) is 0 Å². The van der Waals surface area contributed by atoms with Gasteiger partial charge in [-0.1, -0.05) is 37.8 Å². The van der Waals surface area contributed by atoms with E-state index in [1.54, 1.807) is 0 Å². The Balaban J connectivity index is 2.08. The lowest BCUT2D eigenvalue weighted by Gasteiger charge is -2.39. The molecule has 1 saturated heterocycles. The second-order valence-corrected chi connectivity index (χ2v) is 6.10. The van der Waals surface area contributed by atoms with Gasteiger partial charge < -0.3 is 9.47 Å². The maximum atomic E-state index is 5.88. The number of rotatable bonds is 2. The molecule has 4 atom stereocenters. The molecule has 0 spiro atoms. The van der Waals surface area contributed by atoms with E-state index >= 15 is 0 Å². The molecule has 2 aliphatic heterocycles. The highest BCUT2D eigenvalue weighted by Gasteiger charge is 2.42. The van der Waals surface area contributed by atoms with Crippen LogP contribution >= 0.6 is 24.0 Å². The van der Waals surface area contributed by atoms with Gasteiger partial charge in [0.1, 0.15) is 6.10 Å². The summed E-state index contributed by atoms with van der Waals surface area (Å²) in [5.74, 6) is 0.962. The predicted molar refractivity (Wildman–Crippen MR) is 71.7 cm³/mol. The zero-order chi connectivity index (χ0) is 11.7. The third-order valence-electron chi connectivity index (χ3n) is 3.30. The van der Waals surface area contributed by atoms with Gasteiger partial charge in [0.25, 0.3) is 0 Å². The molecule has 0 aliphatic carbocycles. The van der Waals surface area contributed by atoms with Crippen molar-refractivity contribution in [3.05, 3.63) is 12.2 Å². The van der Waals surface area contributed by atoms with Crippen molar-refractivity contribution >= 4 is 28.4 Å². The van der Waals surface area contributed by atoms with Crippen molar-refractivity contribution in [2.45, 2.75) is 38.6 Å². The van der Waals surface area contributed by atoms with E-state index in [9.17, 15) is 0 Å². The number of fused-ring (bicyclic) bond motifs is 2. The number of ether oxygens (including phenoxy) is 2. The number of hydrogen-bond acceptors (Lipinski definition) is 4. The van der Waals surface area contributed by atoms with E-state index in [1.165, 1.54) is 11.8 Å².